The van der Waals surface area contributed by atoms with Crippen molar-refractivity contribution in [1.82, 2.24) is 19.4 Å². The van der Waals surface area contributed by atoms with E-state index in [1.165, 1.54) is 16.2 Å². The van der Waals surface area contributed by atoms with Crippen LogP contribution in [0.4, 0.5) is 11.6 Å². The predicted molar refractivity (Wildman–Crippen MR) is 170 cm³/mol. The number of carbonyl (C=O) groups excluding carboxylic acids is 3. The molecule has 1 fully saturated rings. The first-order valence-electron chi connectivity index (χ1n) is 14.3. The van der Waals surface area contributed by atoms with Crippen LogP contribution in [0.15, 0.2) is 79.1 Å². The molecule has 1 saturated heterocycles. The molecule has 0 atom stereocenters. The summed E-state index contributed by atoms with van der Waals surface area (Å²) in [5.41, 5.74) is 3.84. The monoisotopic (exact) mass is 603 g/mol. The lowest BCUT2D eigenvalue weighted by Crippen LogP contribution is -2.26. The highest BCUT2D eigenvalue weighted by molar-refractivity contribution is 7.17. The van der Waals surface area contributed by atoms with E-state index in [2.05, 4.69) is 16.4 Å². The fourth-order valence-electron chi connectivity index (χ4n) is 5.34. The summed E-state index contributed by atoms with van der Waals surface area (Å²) < 4.78 is 1.95. The summed E-state index contributed by atoms with van der Waals surface area (Å²) in [4.78, 5) is 52.5. The molecule has 220 valence electrons. The Balaban J connectivity index is 1.28. The van der Waals surface area contributed by atoms with E-state index in [9.17, 15) is 19.6 Å². The molecule has 1 aliphatic rings. The Kier molecular flexibility index (Phi) is 8.16. The van der Waals surface area contributed by atoms with Crippen LogP contribution >= 0.6 is 11.3 Å². The molecule has 0 aliphatic carbocycles. The summed E-state index contributed by atoms with van der Waals surface area (Å²) in [7, 11) is 1.67. The van der Waals surface area contributed by atoms with E-state index < -0.39 is 0 Å². The van der Waals surface area contributed by atoms with E-state index in [1.54, 1.807) is 49.8 Å². The van der Waals surface area contributed by atoms with Crippen LogP contribution in [0.3, 0.4) is 0 Å². The van der Waals surface area contributed by atoms with E-state index in [4.69, 9.17) is 4.98 Å². The van der Waals surface area contributed by atoms with Crippen molar-refractivity contribution in [3.8, 4) is 16.5 Å². The van der Waals surface area contributed by atoms with E-state index in [0.717, 1.165) is 28.9 Å². The van der Waals surface area contributed by atoms with Crippen LogP contribution in [0.2, 0.25) is 0 Å². The second-order valence-corrected chi connectivity index (χ2v) is 11.6. The van der Waals surface area contributed by atoms with Gasteiger partial charge in [0.1, 0.15) is 0 Å². The summed E-state index contributed by atoms with van der Waals surface area (Å²) in [5, 5.41) is 12.2. The number of nitriles is 1. The number of nitrogens with zero attached hydrogens (tertiary/aromatic N) is 6. The normalized spacial score (nSPS) is 12.8. The maximum Gasteiger partial charge on any atom is 0.268 e. The highest BCUT2D eigenvalue weighted by atomic mass is 32.1. The maximum atomic E-state index is 13.4. The summed E-state index contributed by atoms with van der Waals surface area (Å²) in [6, 6.07) is 21.7. The van der Waals surface area contributed by atoms with Crippen LogP contribution in [0.25, 0.3) is 21.5 Å². The topological polar surface area (TPSA) is 124 Å². The van der Waals surface area contributed by atoms with Gasteiger partial charge in [-0.25, -0.2) is 4.98 Å². The van der Waals surface area contributed by atoms with Crippen LogP contribution in [-0.2, 0) is 11.3 Å². The average molecular weight is 604 g/mol. The summed E-state index contributed by atoms with van der Waals surface area (Å²) in [5.74, 6) is 0.0395. The molecule has 1 aliphatic heterocycles. The van der Waals surface area contributed by atoms with Crippen molar-refractivity contribution < 1.29 is 14.4 Å². The van der Waals surface area contributed by atoms with Crippen LogP contribution in [0.5, 0.6) is 0 Å². The number of anilines is 2. The van der Waals surface area contributed by atoms with Gasteiger partial charge in [-0.05, 0) is 79.1 Å². The first kappa shape index (κ1) is 28.8. The minimum Gasteiger partial charge on any atom is -0.343 e. The van der Waals surface area contributed by atoms with Crippen molar-refractivity contribution in [2.24, 2.45) is 0 Å². The smallest absolute Gasteiger partial charge is 0.268 e. The number of hydrogen-bond donors (Lipinski definition) is 1. The average Bonchev–Trinajstić information content (AvgIpc) is 3.80. The summed E-state index contributed by atoms with van der Waals surface area (Å²) in [6.07, 6.45) is 5.60. The molecule has 2 aromatic carbocycles. The Bertz CT molecular complexity index is 1910. The van der Waals surface area contributed by atoms with Crippen LogP contribution in [0.1, 0.15) is 44.9 Å². The van der Waals surface area contributed by atoms with Gasteiger partial charge < -0.3 is 14.4 Å². The number of nitrogens with one attached hydrogen (secondary N) is 1. The van der Waals surface area contributed by atoms with Gasteiger partial charge in [-0.3, -0.25) is 24.7 Å². The van der Waals surface area contributed by atoms with Gasteiger partial charge in [0.05, 0.1) is 27.5 Å². The SMILES string of the molecule is CN(C(=O)c1cccc(C#N)c1)c1ccc2c(c1)nc(NC(=O)c1ccc(-c3ccncc3)s1)n2CCCN1CCCC1=O. The molecular weight excluding hydrogens is 574 g/mol. The third kappa shape index (κ3) is 5.93. The van der Waals surface area contributed by atoms with Crippen molar-refractivity contribution in [3.63, 3.8) is 0 Å². The van der Waals surface area contributed by atoms with E-state index in [-0.39, 0.29) is 17.7 Å². The lowest BCUT2D eigenvalue weighted by molar-refractivity contribution is -0.127. The van der Waals surface area contributed by atoms with Crippen molar-refractivity contribution in [2.75, 3.05) is 30.4 Å². The highest BCUT2D eigenvalue weighted by Gasteiger charge is 2.22. The molecule has 0 radical (unpaired) electrons. The first-order chi connectivity index (χ1) is 21.4. The minimum absolute atomic E-state index is 0.175. The lowest BCUT2D eigenvalue weighted by atomic mass is 10.1. The quantitative estimate of drug-likeness (QED) is 0.235. The van der Waals surface area contributed by atoms with E-state index in [1.807, 2.05) is 45.9 Å². The number of benzene rings is 2. The number of hydrogen-bond acceptors (Lipinski definition) is 7. The zero-order valence-electron chi connectivity index (χ0n) is 24.1. The molecule has 0 bridgehead atoms. The molecule has 0 unspecified atom stereocenters. The van der Waals surface area contributed by atoms with Gasteiger partial charge >= 0.3 is 0 Å². The van der Waals surface area contributed by atoms with Gasteiger partial charge in [-0.1, -0.05) is 6.07 Å². The summed E-state index contributed by atoms with van der Waals surface area (Å²) >= 11 is 1.39. The van der Waals surface area contributed by atoms with Crippen molar-refractivity contribution in [3.05, 3.63) is 95.1 Å². The number of likely N-dealkylation sites (tertiary alicyclic amines) is 1. The van der Waals surface area contributed by atoms with Gasteiger partial charge in [-0.2, -0.15) is 5.26 Å². The van der Waals surface area contributed by atoms with Gasteiger partial charge in [0.15, 0.2) is 0 Å². The Morgan fingerprint density at radius 1 is 1.07 bits per heavy atom. The number of imidazole rings is 1. The van der Waals surface area contributed by atoms with Gasteiger partial charge in [0.25, 0.3) is 11.8 Å². The van der Waals surface area contributed by atoms with Crippen LogP contribution in [0, 0.1) is 11.3 Å². The van der Waals surface area contributed by atoms with E-state index >= 15 is 0 Å². The Morgan fingerprint density at radius 3 is 2.68 bits per heavy atom. The van der Waals surface area contributed by atoms with E-state index in [0.29, 0.717) is 59.1 Å². The van der Waals surface area contributed by atoms with Crippen molar-refractivity contribution >= 4 is 51.7 Å². The zero-order chi connectivity index (χ0) is 30.6. The molecule has 10 nitrogen and oxygen atoms in total. The molecule has 6 rings (SSSR count). The molecule has 3 aromatic heterocycles. The standard InChI is InChI=1S/C33H29N7O3S/c1-38(32(43)24-6-2-5-22(19-24)21-34)25-8-9-27-26(20-25)36-33(40(27)18-4-17-39-16-3-7-30(39)41)37-31(42)29-11-10-28(44-29)23-12-14-35-15-13-23/h2,5-6,8-15,19-20H,3-4,7,16-18H2,1H3,(H,36,37,42). The maximum absolute atomic E-state index is 13.4. The Labute approximate surface area is 258 Å². The number of thiophene rings is 1. The molecule has 4 heterocycles. The van der Waals surface area contributed by atoms with Gasteiger partial charge in [0, 0.05) is 61.6 Å². The number of aryl methyl sites for hydroxylation is 1. The fourth-order valence-corrected chi connectivity index (χ4v) is 6.24. The van der Waals surface area contributed by atoms with Gasteiger partial charge in [0.2, 0.25) is 11.9 Å². The van der Waals surface area contributed by atoms with Crippen molar-refractivity contribution in [2.45, 2.75) is 25.8 Å². The number of aromatic nitrogens is 3. The third-order valence-corrected chi connectivity index (χ3v) is 8.80. The molecular formula is C33H29N7O3S. The highest BCUT2D eigenvalue weighted by Crippen LogP contribution is 2.30. The number of fused-ring (bicyclic) bond motifs is 1. The predicted octanol–water partition coefficient (Wildman–Crippen LogP) is 5.57. The molecule has 11 heteroatoms. The summed E-state index contributed by atoms with van der Waals surface area (Å²) in [6.45, 7) is 1.94. The molecule has 5 aromatic rings. The van der Waals surface area contributed by atoms with Crippen molar-refractivity contribution in [1.29, 1.82) is 5.26 Å². The number of amides is 3. The molecule has 44 heavy (non-hydrogen) atoms. The zero-order valence-corrected chi connectivity index (χ0v) is 24.9. The minimum atomic E-state index is -0.272. The molecule has 0 saturated carbocycles. The molecule has 3 amide bonds. The second-order valence-electron chi connectivity index (χ2n) is 10.5. The number of rotatable bonds is 9. The Morgan fingerprint density at radius 2 is 1.91 bits per heavy atom. The molecule has 1 N–H and O–H groups in total. The van der Waals surface area contributed by atoms with Gasteiger partial charge in [-0.15, -0.1) is 11.3 Å². The lowest BCUT2D eigenvalue weighted by Gasteiger charge is -2.18. The first-order valence-corrected chi connectivity index (χ1v) is 15.1. The molecule has 0 spiro atoms. The fraction of sp³-hybridized carbons (Fsp3) is 0.212. The Hall–Kier alpha value is -5.34. The second kappa shape index (κ2) is 12.5. The number of pyridine rings is 1. The number of carbonyl (C=O) groups is 3. The van der Waals surface area contributed by atoms with Crippen LogP contribution in [-0.4, -0.2) is 57.3 Å². The third-order valence-electron chi connectivity index (χ3n) is 7.66. The largest absolute Gasteiger partial charge is 0.343 e. The van der Waals surface area contributed by atoms with Crippen LogP contribution < -0.4 is 10.2 Å².